The van der Waals surface area contributed by atoms with Crippen LogP contribution in [0.2, 0.25) is 0 Å². The maximum atomic E-state index is 14.1. The Morgan fingerprint density at radius 2 is 0.426 bits per heavy atom. The lowest BCUT2D eigenvalue weighted by atomic mass is 9.65. The molecule has 0 aliphatic heterocycles. The largest absolute Gasteiger partial charge is 0.481 e. The summed E-state index contributed by atoms with van der Waals surface area (Å²) in [4.78, 5) is 16.7. The molecule has 0 aliphatic carbocycles. The minimum atomic E-state index is -0.556. The summed E-state index contributed by atoms with van der Waals surface area (Å²) in [6.07, 6.45) is 115. The Labute approximate surface area is 594 Å². The smallest absolute Gasteiger partial charge is 0.309 e. The molecule has 0 heterocycles. The molecule has 558 valence electrons. The average Bonchev–Trinajstić information content (AvgIpc) is 0.895. The van der Waals surface area contributed by atoms with E-state index in [0.717, 1.165) is 38.5 Å². The van der Waals surface area contributed by atoms with E-state index in [1.54, 1.807) is 0 Å². The zero-order valence-corrected chi connectivity index (χ0v) is 65.8. The molecule has 0 aromatic heterocycles. The number of carboxylic acid groups (broad SMARTS) is 1. The van der Waals surface area contributed by atoms with Gasteiger partial charge < -0.3 is 10.0 Å². The molecule has 0 rings (SSSR count). The van der Waals surface area contributed by atoms with Crippen LogP contribution in [0.15, 0.2) is 36.5 Å². The van der Waals surface area contributed by atoms with Gasteiger partial charge in [0.05, 0.1) is 5.41 Å². The summed E-state index contributed by atoms with van der Waals surface area (Å²) in [6, 6.07) is 0. The van der Waals surface area contributed by atoms with Gasteiger partial charge in [-0.1, -0.05) is 430 Å². The second-order valence-electron chi connectivity index (χ2n) is 31.3. The molecule has 0 aliphatic rings. The van der Waals surface area contributed by atoms with Crippen LogP contribution in [0.1, 0.15) is 509 Å². The lowest BCUT2D eigenvalue weighted by molar-refractivity contribution is -0.155. The molecule has 0 spiro atoms. The minimum Gasteiger partial charge on any atom is -0.481 e. The normalized spacial score (nSPS) is 13.1. The van der Waals surface area contributed by atoms with E-state index in [1.807, 2.05) is 0 Å². The highest BCUT2D eigenvalue weighted by atomic mass is 16.4. The van der Waals surface area contributed by atoms with E-state index < -0.39 is 11.4 Å². The van der Waals surface area contributed by atoms with Crippen molar-refractivity contribution in [2.45, 2.75) is 509 Å². The minimum absolute atomic E-state index is 0.311. The van der Waals surface area contributed by atoms with Crippen molar-refractivity contribution in [3.05, 3.63) is 36.5 Å². The number of hydrogen-bond donors (Lipinski definition) is 1. The summed E-state index contributed by atoms with van der Waals surface area (Å²) >= 11 is 0. The molecular weight excluding hydrogens is 1140 g/mol. The molecule has 0 radical (unpaired) electrons. The Hall–Kier alpha value is -1.35. The van der Waals surface area contributed by atoms with Gasteiger partial charge in [-0.3, -0.25) is 4.79 Å². The van der Waals surface area contributed by atoms with Crippen molar-refractivity contribution in [2.75, 3.05) is 20.1 Å². The number of unbranched alkanes of at least 4 members (excludes halogenated alkanes) is 63. The predicted octanol–water partition coefficient (Wildman–Crippen LogP) is 32.6. The van der Waals surface area contributed by atoms with E-state index in [9.17, 15) is 9.90 Å². The monoisotopic (exact) mass is 1320 g/mol. The summed E-state index contributed by atoms with van der Waals surface area (Å²) < 4.78 is 0. The summed E-state index contributed by atoms with van der Waals surface area (Å²) in [5.74, 6) is -0.131. The average molecular weight is 1320 g/mol. The van der Waals surface area contributed by atoms with E-state index in [1.165, 1.54) is 456 Å². The highest BCUT2D eigenvalue weighted by molar-refractivity contribution is 5.75. The summed E-state index contributed by atoms with van der Waals surface area (Å²) in [5.41, 5.74) is -0.556. The summed E-state index contributed by atoms with van der Waals surface area (Å²) in [6.45, 7) is 11.8. The Morgan fingerprint density at radius 1 is 0.255 bits per heavy atom. The van der Waals surface area contributed by atoms with Crippen LogP contribution < -0.4 is 0 Å². The molecule has 3 heteroatoms. The third-order valence-electron chi connectivity index (χ3n) is 22.0. The predicted molar refractivity (Wildman–Crippen MR) is 427 cm³/mol. The van der Waals surface area contributed by atoms with Gasteiger partial charge in [-0.2, -0.15) is 0 Å². The van der Waals surface area contributed by atoms with Crippen LogP contribution in [-0.2, 0) is 4.79 Å². The third kappa shape index (κ3) is 69.1. The van der Waals surface area contributed by atoms with Crippen molar-refractivity contribution in [1.29, 1.82) is 0 Å². The Balaban J connectivity index is 5.14. The van der Waals surface area contributed by atoms with Crippen LogP contribution in [-0.4, -0.2) is 36.1 Å². The molecular formula is C91H177NO2. The number of allylic oxidation sites excluding steroid dienone is 6. The van der Waals surface area contributed by atoms with Crippen LogP contribution in [0.25, 0.3) is 0 Å². The van der Waals surface area contributed by atoms with Crippen molar-refractivity contribution in [3.63, 3.8) is 0 Å². The lowest BCUT2D eigenvalue weighted by Gasteiger charge is -2.38. The van der Waals surface area contributed by atoms with E-state index in [4.69, 9.17) is 0 Å². The molecule has 1 N–H and O–H groups in total. The fourth-order valence-electron chi connectivity index (χ4n) is 15.4. The van der Waals surface area contributed by atoms with Crippen molar-refractivity contribution in [2.24, 2.45) is 11.3 Å². The van der Waals surface area contributed by atoms with Gasteiger partial charge in [0.25, 0.3) is 0 Å². The lowest BCUT2D eigenvalue weighted by Crippen LogP contribution is -2.39. The number of rotatable bonds is 83. The molecule has 0 aromatic rings. The third-order valence-corrected chi connectivity index (χ3v) is 22.0. The Bertz CT molecular complexity index is 1500. The molecule has 0 saturated heterocycles. The molecule has 94 heavy (non-hydrogen) atoms. The standard InChI is InChI=1S/C91H177NO2/c1-6-10-14-18-22-26-30-34-38-42-47-53-59-65-71-77-83-89(84-78-72-66-60-54-48-46-52-58-64-70-76-82-88-92(5)87-81-75-69-63-57-51-45-41-37-33-29-25-21-17-13-9-4)91(90(93)94,85-79-73-67-61-55-49-43-39-35-31-27-23-19-15-11-7-2)86-80-74-68-62-56-50-44-40-36-32-28-24-20-16-12-8-3/h34-35,38-39,48,54,89H,6-33,36-37,40-47,49-53,55-88H2,1-5H3,(H,93,94). The van der Waals surface area contributed by atoms with E-state index in [-0.39, 0.29) is 0 Å². The Morgan fingerprint density at radius 3 is 0.638 bits per heavy atom. The number of carboxylic acids is 1. The highest BCUT2D eigenvalue weighted by Gasteiger charge is 2.44. The van der Waals surface area contributed by atoms with Gasteiger partial charge in [0.2, 0.25) is 0 Å². The molecule has 2 unspecified atom stereocenters. The van der Waals surface area contributed by atoms with Crippen LogP contribution in [0.3, 0.4) is 0 Å². The molecule has 2 atom stereocenters. The number of hydrogen-bond acceptors (Lipinski definition) is 2. The summed E-state index contributed by atoms with van der Waals surface area (Å²) in [7, 11) is 2.35. The van der Waals surface area contributed by atoms with Gasteiger partial charge in [0.15, 0.2) is 0 Å². The molecule has 0 saturated carbocycles. The first-order valence-electron chi connectivity index (χ1n) is 44.3. The maximum absolute atomic E-state index is 14.1. The first kappa shape index (κ1) is 92.7. The number of carbonyl (C=O) groups is 1. The molecule has 3 nitrogen and oxygen atoms in total. The van der Waals surface area contributed by atoms with Gasteiger partial charge in [-0.25, -0.2) is 0 Å². The molecule has 0 aromatic carbocycles. The first-order valence-corrected chi connectivity index (χ1v) is 44.3. The quantitative estimate of drug-likeness (QED) is 0.0487. The van der Waals surface area contributed by atoms with E-state index in [0.29, 0.717) is 5.92 Å². The zero-order valence-electron chi connectivity index (χ0n) is 65.8. The van der Waals surface area contributed by atoms with Crippen LogP contribution in [0.4, 0.5) is 0 Å². The van der Waals surface area contributed by atoms with Crippen LogP contribution >= 0.6 is 0 Å². The molecule has 0 bridgehead atoms. The van der Waals surface area contributed by atoms with E-state index in [2.05, 4.69) is 76.1 Å². The van der Waals surface area contributed by atoms with Crippen LogP contribution in [0.5, 0.6) is 0 Å². The molecule has 0 amide bonds. The van der Waals surface area contributed by atoms with E-state index >= 15 is 0 Å². The SMILES string of the molecule is CCCCCCCCC=CCCCCCCCCC(CCCCCC=CCCCCCCCCN(C)CCCCCCCCCCCCCCCCCC)C(CCCCCCCCC=CCCCCCCCC)(CCCCCCCCCCCCCCCCCC)C(=O)O. The maximum Gasteiger partial charge on any atom is 0.309 e. The van der Waals surface area contributed by atoms with Crippen molar-refractivity contribution >= 4 is 5.97 Å². The second kappa shape index (κ2) is 80.6. The van der Waals surface area contributed by atoms with Gasteiger partial charge in [-0.05, 0) is 142 Å². The van der Waals surface area contributed by atoms with Crippen molar-refractivity contribution < 1.29 is 9.90 Å². The van der Waals surface area contributed by atoms with Crippen molar-refractivity contribution in [1.82, 2.24) is 4.90 Å². The fourth-order valence-corrected chi connectivity index (χ4v) is 15.4. The Kier molecular flexibility index (Phi) is 79.5. The van der Waals surface area contributed by atoms with Gasteiger partial charge >= 0.3 is 5.97 Å². The number of aliphatic carboxylic acids is 1. The molecule has 0 fully saturated rings. The van der Waals surface area contributed by atoms with Crippen LogP contribution in [0, 0.1) is 11.3 Å². The first-order chi connectivity index (χ1) is 46.5. The second-order valence-corrected chi connectivity index (χ2v) is 31.3. The van der Waals surface area contributed by atoms with Crippen molar-refractivity contribution in [3.8, 4) is 0 Å². The van der Waals surface area contributed by atoms with Gasteiger partial charge in [0, 0.05) is 0 Å². The topological polar surface area (TPSA) is 40.5 Å². The summed E-state index contributed by atoms with van der Waals surface area (Å²) in [5, 5.41) is 11.6. The fraction of sp³-hybridized carbons (Fsp3) is 0.923. The van der Waals surface area contributed by atoms with Gasteiger partial charge in [0.1, 0.15) is 0 Å². The van der Waals surface area contributed by atoms with Gasteiger partial charge in [-0.15, -0.1) is 0 Å². The zero-order chi connectivity index (χ0) is 67.9. The highest BCUT2D eigenvalue weighted by Crippen LogP contribution is 2.45. The number of nitrogens with zero attached hydrogens (tertiary/aromatic N) is 1.